The molecule has 1 fully saturated rings. The Kier molecular flexibility index (Phi) is 4.04. The zero-order valence-corrected chi connectivity index (χ0v) is 17.1. The number of sulfonamides is 1. The fraction of sp³-hybridized carbons (Fsp3) is 0.421. The molecular weight excluding hydrogens is 392 g/mol. The largest absolute Gasteiger partial charge is 0.303 e. The predicted octanol–water partition coefficient (Wildman–Crippen LogP) is 1.02. The molecule has 3 heterocycles. The van der Waals surface area contributed by atoms with Gasteiger partial charge in [-0.3, -0.25) is 14.6 Å². The highest BCUT2D eigenvalue weighted by molar-refractivity contribution is 7.89. The van der Waals surface area contributed by atoms with E-state index < -0.39 is 10.0 Å². The summed E-state index contributed by atoms with van der Waals surface area (Å²) in [7, 11) is -0.839. The molecule has 2 aliphatic heterocycles. The van der Waals surface area contributed by atoms with Gasteiger partial charge in [0.05, 0.1) is 18.6 Å². The number of guanidine groups is 1. The number of hydrogen-bond donors (Lipinski definition) is 1. The Morgan fingerprint density at radius 3 is 2.69 bits per heavy atom. The lowest BCUT2D eigenvalue weighted by Gasteiger charge is -2.34. The first kappa shape index (κ1) is 18.3. The lowest BCUT2D eigenvalue weighted by atomic mass is 10.1. The Bertz CT molecular complexity index is 1120. The van der Waals surface area contributed by atoms with E-state index in [1.54, 1.807) is 7.05 Å². The minimum Gasteiger partial charge on any atom is -0.303 e. The number of fused-ring (bicyclic) bond motifs is 5. The molecule has 1 aliphatic carbocycles. The summed E-state index contributed by atoms with van der Waals surface area (Å²) in [5.41, 5.74) is 1.17. The van der Waals surface area contributed by atoms with Crippen molar-refractivity contribution in [2.75, 3.05) is 19.0 Å². The van der Waals surface area contributed by atoms with E-state index >= 15 is 0 Å². The van der Waals surface area contributed by atoms with E-state index in [2.05, 4.69) is 9.71 Å². The SMILES string of the molecule is CNS(=O)(=O)c1nc2c(n1Cc1ccccc1)C(=O)N(C)C1=N[C@@H]3CCC[C@@H]3N12. The fourth-order valence-electron chi connectivity index (χ4n) is 4.49. The maximum Gasteiger partial charge on any atom is 0.280 e. The smallest absolute Gasteiger partial charge is 0.280 e. The Hall–Kier alpha value is -2.72. The van der Waals surface area contributed by atoms with Gasteiger partial charge in [0, 0.05) is 7.05 Å². The first-order valence-electron chi connectivity index (χ1n) is 9.65. The van der Waals surface area contributed by atoms with Crippen LogP contribution in [0, 0.1) is 0 Å². The molecule has 2 atom stereocenters. The molecule has 10 heteroatoms. The van der Waals surface area contributed by atoms with Crippen molar-refractivity contribution in [3.8, 4) is 0 Å². The van der Waals surface area contributed by atoms with Crippen molar-refractivity contribution >= 4 is 27.7 Å². The average molecular weight is 414 g/mol. The number of nitrogens with zero attached hydrogens (tertiary/aromatic N) is 5. The van der Waals surface area contributed by atoms with Crippen LogP contribution in [0.4, 0.5) is 5.82 Å². The molecule has 0 saturated heterocycles. The number of rotatable bonds is 4. The minimum atomic E-state index is -3.87. The minimum absolute atomic E-state index is 0.115. The highest BCUT2D eigenvalue weighted by Gasteiger charge is 2.49. The molecule has 2 aromatic rings. The van der Waals surface area contributed by atoms with E-state index in [4.69, 9.17) is 4.99 Å². The van der Waals surface area contributed by atoms with Crippen molar-refractivity contribution in [1.29, 1.82) is 0 Å². The highest BCUT2D eigenvalue weighted by atomic mass is 32.2. The number of aromatic nitrogens is 2. The van der Waals surface area contributed by atoms with Crippen molar-refractivity contribution in [3.63, 3.8) is 0 Å². The maximum absolute atomic E-state index is 13.3. The van der Waals surface area contributed by atoms with E-state index in [-0.39, 0.29) is 35.4 Å². The van der Waals surface area contributed by atoms with Crippen LogP contribution >= 0.6 is 0 Å². The highest BCUT2D eigenvalue weighted by Crippen LogP contribution is 2.41. The van der Waals surface area contributed by atoms with Gasteiger partial charge in [-0.2, -0.15) is 4.98 Å². The van der Waals surface area contributed by atoms with Crippen LogP contribution in [-0.2, 0) is 16.6 Å². The van der Waals surface area contributed by atoms with E-state index in [0.717, 1.165) is 24.8 Å². The van der Waals surface area contributed by atoms with Gasteiger partial charge in [-0.05, 0) is 31.9 Å². The second-order valence-corrected chi connectivity index (χ2v) is 9.36. The van der Waals surface area contributed by atoms with Gasteiger partial charge in [0.15, 0.2) is 11.5 Å². The van der Waals surface area contributed by atoms with Crippen LogP contribution in [0.25, 0.3) is 0 Å². The van der Waals surface area contributed by atoms with Gasteiger partial charge in [0.25, 0.3) is 15.9 Å². The summed E-state index contributed by atoms with van der Waals surface area (Å²) < 4.78 is 29.4. The number of anilines is 1. The maximum atomic E-state index is 13.3. The molecule has 0 radical (unpaired) electrons. The average Bonchev–Trinajstić information content (AvgIpc) is 3.40. The summed E-state index contributed by atoms with van der Waals surface area (Å²) in [6.07, 6.45) is 2.97. The zero-order chi connectivity index (χ0) is 20.3. The number of imidazole rings is 1. The third-order valence-corrected chi connectivity index (χ3v) is 7.24. The van der Waals surface area contributed by atoms with Crippen LogP contribution in [0.15, 0.2) is 40.5 Å². The summed E-state index contributed by atoms with van der Waals surface area (Å²) >= 11 is 0. The van der Waals surface area contributed by atoms with Crippen LogP contribution in [0.3, 0.4) is 0 Å². The number of carbonyl (C=O) groups excluding carboxylic acids is 1. The van der Waals surface area contributed by atoms with Gasteiger partial charge in [0.2, 0.25) is 11.1 Å². The Labute approximate surface area is 169 Å². The molecule has 3 aliphatic rings. The van der Waals surface area contributed by atoms with Gasteiger partial charge in [-0.1, -0.05) is 30.3 Å². The molecular formula is C19H22N6O3S. The van der Waals surface area contributed by atoms with E-state index in [9.17, 15) is 13.2 Å². The number of amides is 1. The lowest BCUT2D eigenvalue weighted by molar-refractivity contribution is 0.0854. The van der Waals surface area contributed by atoms with Crippen molar-refractivity contribution in [3.05, 3.63) is 41.6 Å². The normalized spacial score (nSPS) is 23.1. The molecule has 152 valence electrons. The topological polar surface area (TPSA) is 99.9 Å². The summed E-state index contributed by atoms with van der Waals surface area (Å²) in [5.74, 6) is 0.664. The summed E-state index contributed by atoms with van der Waals surface area (Å²) in [5, 5.41) is -0.154. The zero-order valence-electron chi connectivity index (χ0n) is 16.2. The number of nitrogens with one attached hydrogen (secondary N) is 1. The Morgan fingerprint density at radius 1 is 1.21 bits per heavy atom. The second kappa shape index (κ2) is 6.39. The van der Waals surface area contributed by atoms with Crippen molar-refractivity contribution < 1.29 is 13.2 Å². The van der Waals surface area contributed by atoms with Gasteiger partial charge in [0.1, 0.15) is 0 Å². The van der Waals surface area contributed by atoms with Gasteiger partial charge in [-0.15, -0.1) is 0 Å². The molecule has 0 bridgehead atoms. The summed E-state index contributed by atoms with van der Waals surface area (Å²) in [6.45, 7) is 0.230. The first-order chi connectivity index (χ1) is 13.9. The quantitative estimate of drug-likeness (QED) is 0.805. The fourth-order valence-corrected chi connectivity index (χ4v) is 5.32. The number of aliphatic imine (C=N–C) groups is 1. The third-order valence-electron chi connectivity index (χ3n) is 5.91. The van der Waals surface area contributed by atoms with Gasteiger partial charge >= 0.3 is 0 Å². The second-order valence-electron chi connectivity index (χ2n) is 7.57. The lowest BCUT2D eigenvalue weighted by Crippen LogP contribution is -2.51. The summed E-state index contributed by atoms with van der Waals surface area (Å²) in [6, 6.07) is 9.69. The molecule has 0 spiro atoms. The molecule has 5 rings (SSSR count). The number of benzene rings is 1. The first-order valence-corrected chi connectivity index (χ1v) is 11.1. The molecule has 1 N–H and O–H groups in total. The third kappa shape index (κ3) is 2.62. The van der Waals surface area contributed by atoms with Gasteiger partial charge in [-0.25, -0.2) is 18.1 Å². The van der Waals surface area contributed by atoms with Crippen molar-refractivity contribution in [1.82, 2.24) is 19.2 Å². The van der Waals surface area contributed by atoms with Crippen LogP contribution in [0.2, 0.25) is 0 Å². The number of hydrogen-bond acceptors (Lipinski definition) is 6. The van der Waals surface area contributed by atoms with E-state index in [1.165, 1.54) is 16.5 Å². The van der Waals surface area contributed by atoms with Crippen molar-refractivity contribution in [2.24, 2.45) is 4.99 Å². The van der Waals surface area contributed by atoms with Crippen LogP contribution in [0.5, 0.6) is 0 Å². The Morgan fingerprint density at radius 2 is 1.97 bits per heavy atom. The number of carbonyl (C=O) groups is 1. The predicted molar refractivity (Wildman–Crippen MR) is 107 cm³/mol. The molecule has 1 saturated carbocycles. The molecule has 0 unspecified atom stereocenters. The standard InChI is InChI=1S/C19H22N6O3S/c1-20-29(27,28)19-22-16-15(24(19)11-12-7-4-3-5-8-12)17(26)23(2)18-21-13-9-6-10-14(13)25(16)18/h3-5,7-8,13-14,20H,6,9-11H2,1-2H3/t13-,14+/m1/s1. The molecule has 1 aromatic carbocycles. The van der Waals surface area contributed by atoms with Crippen LogP contribution in [-0.4, -0.2) is 60.9 Å². The monoisotopic (exact) mass is 414 g/mol. The Balaban J connectivity index is 1.73. The van der Waals surface area contributed by atoms with E-state index in [0.29, 0.717) is 11.8 Å². The molecule has 29 heavy (non-hydrogen) atoms. The molecule has 1 amide bonds. The van der Waals surface area contributed by atoms with Crippen LogP contribution < -0.4 is 9.62 Å². The molecule has 9 nitrogen and oxygen atoms in total. The van der Waals surface area contributed by atoms with Crippen LogP contribution in [0.1, 0.15) is 35.3 Å². The molecule has 1 aromatic heterocycles. The van der Waals surface area contributed by atoms with Gasteiger partial charge < -0.3 is 4.57 Å². The van der Waals surface area contributed by atoms with Crippen molar-refractivity contribution in [2.45, 2.75) is 43.0 Å². The summed E-state index contributed by atoms with van der Waals surface area (Å²) in [4.78, 5) is 26.0. The van der Waals surface area contributed by atoms with E-state index in [1.807, 2.05) is 35.2 Å².